The number of anilines is 1. The molecule has 0 atom stereocenters. The minimum Gasteiger partial charge on any atom is -0.329 e. The molecule has 0 amide bonds. The van der Waals surface area contributed by atoms with Crippen molar-refractivity contribution in [2.24, 2.45) is 0 Å². The quantitative estimate of drug-likeness (QED) is 0.614. The standard InChI is InChI=1S/C15H16N2/c1-12-8-10-13(11-9-12)15(16)17(2)14-6-4-3-5-7-14/h3-11,16H,1-2H3. The molecule has 17 heavy (non-hydrogen) atoms. The summed E-state index contributed by atoms with van der Waals surface area (Å²) in [6.45, 7) is 2.05. The van der Waals surface area contributed by atoms with E-state index in [2.05, 4.69) is 0 Å². The molecule has 0 unspecified atom stereocenters. The number of hydrogen-bond donors (Lipinski definition) is 1. The average Bonchev–Trinajstić information content (AvgIpc) is 2.39. The molecule has 2 aromatic rings. The third-order valence-electron chi connectivity index (χ3n) is 2.80. The summed E-state index contributed by atoms with van der Waals surface area (Å²) in [6, 6.07) is 18.0. The average molecular weight is 224 g/mol. The van der Waals surface area contributed by atoms with Crippen LogP contribution in [0.25, 0.3) is 0 Å². The number of nitrogens with one attached hydrogen (secondary N) is 1. The van der Waals surface area contributed by atoms with Gasteiger partial charge >= 0.3 is 0 Å². The predicted molar refractivity (Wildman–Crippen MR) is 72.9 cm³/mol. The molecular formula is C15H16N2. The summed E-state index contributed by atoms with van der Waals surface area (Å²) in [5.74, 6) is 0.510. The molecule has 0 aliphatic carbocycles. The van der Waals surface area contributed by atoms with Crippen LogP contribution in [0.5, 0.6) is 0 Å². The zero-order chi connectivity index (χ0) is 12.3. The molecule has 0 aliphatic heterocycles. The number of hydrogen-bond acceptors (Lipinski definition) is 1. The van der Waals surface area contributed by atoms with Crippen molar-refractivity contribution < 1.29 is 0 Å². The Kier molecular flexibility index (Phi) is 3.24. The highest BCUT2D eigenvalue weighted by Gasteiger charge is 2.08. The summed E-state index contributed by atoms with van der Waals surface area (Å²) in [5.41, 5.74) is 3.17. The first-order chi connectivity index (χ1) is 8.18. The van der Waals surface area contributed by atoms with Crippen LogP contribution >= 0.6 is 0 Å². The van der Waals surface area contributed by atoms with Gasteiger partial charge in [-0.3, -0.25) is 5.41 Å². The molecule has 1 N–H and O–H groups in total. The first kappa shape index (κ1) is 11.4. The van der Waals surface area contributed by atoms with E-state index in [4.69, 9.17) is 5.41 Å². The number of para-hydroxylation sites is 1. The third kappa shape index (κ3) is 2.53. The molecule has 2 aromatic carbocycles. The Labute approximate surface area is 102 Å². The predicted octanol–water partition coefficient (Wildman–Crippen LogP) is 3.46. The highest BCUT2D eigenvalue weighted by atomic mass is 15.1. The second-order valence-corrected chi connectivity index (χ2v) is 4.11. The maximum absolute atomic E-state index is 8.17. The lowest BCUT2D eigenvalue weighted by Gasteiger charge is -2.20. The van der Waals surface area contributed by atoms with E-state index in [9.17, 15) is 0 Å². The van der Waals surface area contributed by atoms with Crippen molar-refractivity contribution in [2.75, 3.05) is 11.9 Å². The molecule has 0 radical (unpaired) electrons. The Morgan fingerprint density at radius 3 is 2.12 bits per heavy atom. The van der Waals surface area contributed by atoms with E-state index in [-0.39, 0.29) is 0 Å². The van der Waals surface area contributed by atoms with Crippen molar-refractivity contribution in [3.63, 3.8) is 0 Å². The minimum atomic E-state index is 0.510. The maximum atomic E-state index is 8.17. The molecule has 86 valence electrons. The van der Waals surface area contributed by atoms with Crippen molar-refractivity contribution in [1.29, 1.82) is 5.41 Å². The Bertz CT molecular complexity index is 500. The van der Waals surface area contributed by atoms with Gasteiger partial charge in [-0.25, -0.2) is 0 Å². The molecule has 0 aliphatic rings. The lowest BCUT2D eigenvalue weighted by molar-refractivity contribution is 1.22. The fourth-order valence-corrected chi connectivity index (χ4v) is 1.69. The van der Waals surface area contributed by atoms with Gasteiger partial charge < -0.3 is 4.90 Å². The molecule has 0 saturated heterocycles. The van der Waals surface area contributed by atoms with Gasteiger partial charge in [-0.1, -0.05) is 48.0 Å². The SMILES string of the molecule is Cc1ccc(C(=N)N(C)c2ccccc2)cc1. The van der Waals surface area contributed by atoms with E-state index >= 15 is 0 Å². The maximum Gasteiger partial charge on any atom is 0.132 e. The molecule has 0 heterocycles. The van der Waals surface area contributed by atoms with Gasteiger partial charge in [0.1, 0.15) is 5.84 Å². The lowest BCUT2D eigenvalue weighted by Crippen LogP contribution is -2.26. The number of benzene rings is 2. The van der Waals surface area contributed by atoms with Crippen LogP contribution in [0.2, 0.25) is 0 Å². The summed E-state index contributed by atoms with van der Waals surface area (Å²) in [4.78, 5) is 1.88. The molecule has 0 saturated carbocycles. The minimum absolute atomic E-state index is 0.510. The van der Waals surface area contributed by atoms with Crippen LogP contribution in [0.15, 0.2) is 54.6 Å². The van der Waals surface area contributed by atoms with Crippen molar-refractivity contribution in [3.8, 4) is 0 Å². The van der Waals surface area contributed by atoms with Gasteiger partial charge in [0.2, 0.25) is 0 Å². The highest BCUT2D eigenvalue weighted by molar-refractivity contribution is 6.07. The lowest BCUT2D eigenvalue weighted by atomic mass is 10.1. The highest BCUT2D eigenvalue weighted by Crippen LogP contribution is 2.14. The van der Waals surface area contributed by atoms with Crippen LogP contribution in [0.1, 0.15) is 11.1 Å². The van der Waals surface area contributed by atoms with Gasteiger partial charge in [-0.2, -0.15) is 0 Å². The summed E-state index contributed by atoms with van der Waals surface area (Å²) >= 11 is 0. The van der Waals surface area contributed by atoms with Crippen LogP contribution in [0, 0.1) is 12.3 Å². The first-order valence-electron chi connectivity index (χ1n) is 5.63. The van der Waals surface area contributed by atoms with Gasteiger partial charge in [0.15, 0.2) is 0 Å². The Hall–Kier alpha value is -2.09. The van der Waals surface area contributed by atoms with Crippen molar-refractivity contribution in [2.45, 2.75) is 6.92 Å². The molecule has 0 bridgehead atoms. The van der Waals surface area contributed by atoms with E-state index in [1.54, 1.807) is 0 Å². The molecule has 0 aromatic heterocycles. The van der Waals surface area contributed by atoms with E-state index in [1.807, 2.05) is 73.5 Å². The van der Waals surface area contributed by atoms with Crippen molar-refractivity contribution >= 4 is 11.5 Å². The fraction of sp³-hybridized carbons (Fsp3) is 0.133. The van der Waals surface area contributed by atoms with Gasteiger partial charge in [0.05, 0.1) is 0 Å². The largest absolute Gasteiger partial charge is 0.329 e. The zero-order valence-corrected chi connectivity index (χ0v) is 10.1. The van der Waals surface area contributed by atoms with Crippen molar-refractivity contribution in [3.05, 3.63) is 65.7 Å². The van der Waals surface area contributed by atoms with Crippen LogP contribution in [-0.4, -0.2) is 12.9 Å². The topological polar surface area (TPSA) is 27.1 Å². The summed E-state index contributed by atoms with van der Waals surface area (Å²) in [6.07, 6.45) is 0. The smallest absolute Gasteiger partial charge is 0.132 e. The molecule has 2 nitrogen and oxygen atoms in total. The van der Waals surface area contributed by atoms with Crippen LogP contribution < -0.4 is 4.90 Å². The summed E-state index contributed by atoms with van der Waals surface area (Å²) in [7, 11) is 1.91. The molecule has 0 spiro atoms. The van der Waals surface area contributed by atoms with Gasteiger partial charge in [-0.15, -0.1) is 0 Å². The zero-order valence-electron chi connectivity index (χ0n) is 10.1. The van der Waals surface area contributed by atoms with E-state index < -0.39 is 0 Å². The van der Waals surface area contributed by atoms with E-state index in [0.29, 0.717) is 5.84 Å². The summed E-state index contributed by atoms with van der Waals surface area (Å²) < 4.78 is 0. The fourth-order valence-electron chi connectivity index (χ4n) is 1.69. The second kappa shape index (κ2) is 4.83. The number of aryl methyl sites for hydroxylation is 1. The van der Waals surface area contributed by atoms with Crippen LogP contribution in [0.4, 0.5) is 5.69 Å². The Morgan fingerprint density at radius 2 is 1.53 bits per heavy atom. The van der Waals surface area contributed by atoms with Crippen molar-refractivity contribution in [1.82, 2.24) is 0 Å². The van der Waals surface area contributed by atoms with E-state index in [1.165, 1.54) is 5.56 Å². The Morgan fingerprint density at radius 1 is 0.941 bits per heavy atom. The van der Waals surface area contributed by atoms with Crippen LogP contribution in [0.3, 0.4) is 0 Å². The van der Waals surface area contributed by atoms with Gasteiger partial charge in [0, 0.05) is 18.3 Å². The Balaban J connectivity index is 2.23. The first-order valence-corrected chi connectivity index (χ1v) is 5.63. The summed E-state index contributed by atoms with van der Waals surface area (Å²) in [5, 5.41) is 8.17. The number of nitrogens with zero attached hydrogens (tertiary/aromatic N) is 1. The number of rotatable bonds is 2. The van der Waals surface area contributed by atoms with E-state index in [0.717, 1.165) is 11.3 Å². The second-order valence-electron chi connectivity index (χ2n) is 4.11. The number of amidine groups is 1. The van der Waals surface area contributed by atoms with Gasteiger partial charge in [-0.05, 0) is 19.1 Å². The van der Waals surface area contributed by atoms with Gasteiger partial charge in [0.25, 0.3) is 0 Å². The monoisotopic (exact) mass is 224 g/mol. The molecular weight excluding hydrogens is 208 g/mol. The van der Waals surface area contributed by atoms with Crippen LogP contribution in [-0.2, 0) is 0 Å². The molecule has 0 fully saturated rings. The third-order valence-corrected chi connectivity index (χ3v) is 2.80. The molecule has 2 heteroatoms. The molecule has 2 rings (SSSR count). The normalized spacial score (nSPS) is 10.0.